The van der Waals surface area contributed by atoms with E-state index in [1.807, 2.05) is 34.9 Å². The van der Waals surface area contributed by atoms with Crippen LogP contribution >= 0.6 is 11.6 Å². The highest BCUT2D eigenvalue weighted by Gasteiger charge is 2.14. The fourth-order valence-corrected chi connectivity index (χ4v) is 3.06. The SMILES string of the molecule is O=C(O)c1cn(Cc2ccc3ncc(Cl)cc3c2)c2ccncc12. The van der Waals surface area contributed by atoms with E-state index >= 15 is 0 Å². The van der Waals surface area contributed by atoms with Gasteiger partial charge in [-0.15, -0.1) is 0 Å². The van der Waals surface area contributed by atoms with E-state index in [0.29, 0.717) is 17.0 Å². The average Bonchev–Trinajstić information content (AvgIpc) is 2.94. The normalized spacial score (nSPS) is 11.2. The molecule has 3 heterocycles. The zero-order valence-electron chi connectivity index (χ0n) is 12.5. The largest absolute Gasteiger partial charge is 0.478 e. The van der Waals surface area contributed by atoms with Crippen molar-refractivity contribution in [1.29, 1.82) is 0 Å². The van der Waals surface area contributed by atoms with Gasteiger partial charge in [-0.25, -0.2) is 4.79 Å². The third-order valence-corrected chi connectivity index (χ3v) is 4.18. The Labute approximate surface area is 142 Å². The predicted octanol–water partition coefficient (Wildman–Crippen LogP) is 3.98. The Kier molecular flexibility index (Phi) is 3.43. The van der Waals surface area contributed by atoms with Gasteiger partial charge in [0.25, 0.3) is 0 Å². The molecule has 1 N–H and O–H groups in total. The molecule has 24 heavy (non-hydrogen) atoms. The molecule has 1 aromatic carbocycles. The predicted molar refractivity (Wildman–Crippen MR) is 92.5 cm³/mol. The fourth-order valence-electron chi connectivity index (χ4n) is 2.89. The van der Waals surface area contributed by atoms with Crippen LogP contribution in [0.15, 0.2) is 55.1 Å². The third kappa shape index (κ3) is 2.49. The molecule has 3 aromatic heterocycles. The molecule has 0 spiro atoms. The van der Waals surface area contributed by atoms with Gasteiger partial charge >= 0.3 is 5.97 Å². The number of aromatic carboxylic acids is 1. The summed E-state index contributed by atoms with van der Waals surface area (Å²) in [6.45, 7) is 0.552. The maximum Gasteiger partial charge on any atom is 0.337 e. The molecule has 0 aliphatic heterocycles. The van der Waals surface area contributed by atoms with E-state index in [-0.39, 0.29) is 5.56 Å². The Morgan fingerprint density at radius 1 is 1.21 bits per heavy atom. The quantitative estimate of drug-likeness (QED) is 0.614. The minimum absolute atomic E-state index is 0.253. The van der Waals surface area contributed by atoms with Crippen LogP contribution in [-0.2, 0) is 6.54 Å². The molecule has 0 aliphatic rings. The number of rotatable bonds is 3. The Balaban J connectivity index is 1.80. The van der Waals surface area contributed by atoms with Crippen LogP contribution in [0.4, 0.5) is 0 Å². The van der Waals surface area contributed by atoms with Crippen LogP contribution < -0.4 is 0 Å². The highest BCUT2D eigenvalue weighted by molar-refractivity contribution is 6.31. The van der Waals surface area contributed by atoms with Crippen LogP contribution in [0.1, 0.15) is 15.9 Å². The van der Waals surface area contributed by atoms with Crippen molar-refractivity contribution in [2.75, 3.05) is 0 Å². The molecule has 0 fully saturated rings. The third-order valence-electron chi connectivity index (χ3n) is 3.98. The van der Waals surface area contributed by atoms with Gasteiger partial charge in [-0.3, -0.25) is 9.97 Å². The summed E-state index contributed by atoms with van der Waals surface area (Å²) < 4.78 is 1.92. The lowest BCUT2D eigenvalue weighted by Crippen LogP contribution is -1.99. The van der Waals surface area contributed by atoms with Gasteiger partial charge in [-0.1, -0.05) is 17.7 Å². The van der Waals surface area contributed by atoms with Crippen LogP contribution in [0.5, 0.6) is 0 Å². The van der Waals surface area contributed by atoms with Crippen LogP contribution in [0.3, 0.4) is 0 Å². The molecule has 0 saturated carbocycles. The van der Waals surface area contributed by atoms with Gasteiger partial charge in [-0.2, -0.15) is 0 Å². The van der Waals surface area contributed by atoms with Crippen LogP contribution in [0.25, 0.3) is 21.8 Å². The van der Waals surface area contributed by atoms with Gasteiger partial charge in [0, 0.05) is 42.1 Å². The number of pyridine rings is 2. The second-order valence-corrected chi connectivity index (χ2v) is 5.99. The van der Waals surface area contributed by atoms with Crippen molar-refractivity contribution in [2.24, 2.45) is 0 Å². The number of carbonyl (C=O) groups is 1. The zero-order chi connectivity index (χ0) is 16.7. The molecule has 4 rings (SSSR count). The van der Waals surface area contributed by atoms with Crippen LogP contribution in [-0.4, -0.2) is 25.6 Å². The number of aromatic nitrogens is 3. The molecule has 0 radical (unpaired) electrons. The number of hydrogen-bond donors (Lipinski definition) is 1. The minimum atomic E-state index is -0.957. The maximum absolute atomic E-state index is 11.4. The lowest BCUT2D eigenvalue weighted by molar-refractivity contribution is 0.0699. The molecule has 118 valence electrons. The lowest BCUT2D eigenvalue weighted by atomic mass is 10.1. The Morgan fingerprint density at radius 2 is 2.08 bits per heavy atom. The summed E-state index contributed by atoms with van der Waals surface area (Å²) in [5.41, 5.74) is 3.00. The molecule has 0 aliphatic carbocycles. The smallest absolute Gasteiger partial charge is 0.337 e. The molecule has 5 nitrogen and oxygen atoms in total. The molecular formula is C18H12ClN3O2. The second-order valence-electron chi connectivity index (χ2n) is 5.55. The standard InChI is InChI=1S/C18H12ClN3O2/c19-13-6-12-5-11(1-2-16(12)21-7-13)9-22-10-15(18(23)24)14-8-20-4-3-17(14)22/h1-8,10H,9H2,(H,23,24). The van der Waals surface area contributed by atoms with Crippen LogP contribution in [0.2, 0.25) is 5.02 Å². The Morgan fingerprint density at radius 3 is 2.92 bits per heavy atom. The minimum Gasteiger partial charge on any atom is -0.478 e. The molecule has 0 bridgehead atoms. The Bertz CT molecular complexity index is 1090. The number of carboxylic acid groups (broad SMARTS) is 1. The molecule has 4 aromatic rings. The van der Waals surface area contributed by atoms with E-state index in [9.17, 15) is 9.90 Å². The van der Waals surface area contributed by atoms with Crippen molar-refractivity contribution in [3.63, 3.8) is 0 Å². The van der Waals surface area contributed by atoms with Gasteiger partial charge in [0.2, 0.25) is 0 Å². The Hall–Kier alpha value is -2.92. The zero-order valence-corrected chi connectivity index (χ0v) is 13.2. The number of fused-ring (bicyclic) bond motifs is 2. The van der Waals surface area contributed by atoms with Crippen molar-refractivity contribution in [1.82, 2.24) is 14.5 Å². The number of nitrogens with zero attached hydrogens (tertiary/aromatic N) is 3. The van der Waals surface area contributed by atoms with Crippen molar-refractivity contribution in [2.45, 2.75) is 6.54 Å². The first-order valence-electron chi connectivity index (χ1n) is 7.32. The summed E-state index contributed by atoms with van der Waals surface area (Å²) in [6.07, 6.45) is 6.51. The number of hydrogen-bond acceptors (Lipinski definition) is 3. The monoisotopic (exact) mass is 337 g/mol. The second kappa shape index (κ2) is 5.62. The molecular weight excluding hydrogens is 326 g/mol. The van der Waals surface area contributed by atoms with Crippen molar-refractivity contribution >= 4 is 39.4 Å². The maximum atomic E-state index is 11.4. The van der Waals surface area contributed by atoms with Crippen molar-refractivity contribution < 1.29 is 9.90 Å². The van der Waals surface area contributed by atoms with Gasteiger partial charge in [-0.05, 0) is 29.8 Å². The van der Waals surface area contributed by atoms with E-state index in [1.54, 1.807) is 24.8 Å². The van der Waals surface area contributed by atoms with E-state index in [4.69, 9.17) is 11.6 Å². The molecule has 6 heteroatoms. The first-order valence-corrected chi connectivity index (χ1v) is 7.70. The molecule has 0 atom stereocenters. The molecule has 0 amide bonds. The highest BCUT2D eigenvalue weighted by Crippen LogP contribution is 2.23. The lowest BCUT2D eigenvalue weighted by Gasteiger charge is -2.07. The van der Waals surface area contributed by atoms with Gasteiger partial charge in [0.15, 0.2) is 0 Å². The fraction of sp³-hybridized carbons (Fsp3) is 0.0556. The highest BCUT2D eigenvalue weighted by atomic mass is 35.5. The molecule has 0 saturated heterocycles. The summed E-state index contributed by atoms with van der Waals surface area (Å²) in [5, 5.41) is 11.5. The molecule has 0 unspecified atom stereocenters. The van der Waals surface area contributed by atoms with E-state index in [0.717, 1.165) is 22.0 Å². The summed E-state index contributed by atoms with van der Waals surface area (Å²) in [5.74, 6) is -0.957. The van der Waals surface area contributed by atoms with Crippen molar-refractivity contribution in [3.8, 4) is 0 Å². The van der Waals surface area contributed by atoms with Crippen LogP contribution in [0, 0.1) is 0 Å². The van der Waals surface area contributed by atoms with E-state index in [2.05, 4.69) is 9.97 Å². The number of benzene rings is 1. The summed E-state index contributed by atoms with van der Waals surface area (Å²) in [4.78, 5) is 19.7. The van der Waals surface area contributed by atoms with Gasteiger partial charge < -0.3 is 9.67 Å². The summed E-state index contributed by atoms with van der Waals surface area (Å²) >= 11 is 6.01. The number of carboxylic acids is 1. The topological polar surface area (TPSA) is 68.0 Å². The van der Waals surface area contributed by atoms with E-state index < -0.39 is 5.97 Å². The van der Waals surface area contributed by atoms with Gasteiger partial charge in [0.1, 0.15) is 0 Å². The average molecular weight is 338 g/mol. The number of halogens is 1. The summed E-state index contributed by atoms with van der Waals surface area (Å²) in [7, 11) is 0. The first kappa shape index (κ1) is 14.7. The van der Waals surface area contributed by atoms with E-state index in [1.165, 1.54) is 0 Å². The summed E-state index contributed by atoms with van der Waals surface area (Å²) in [6, 6.07) is 9.62. The van der Waals surface area contributed by atoms with Gasteiger partial charge in [0.05, 0.1) is 21.6 Å². The van der Waals surface area contributed by atoms with Crippen molar-refractivity contribution in [3.05, 3.63) is 71.3 Å². The first-order chi connectivity index (χ1) is 11.6.